The maximum absolute atomic E-state index is 12.5. The maximum atomic E-state index is 12.5. The molecule has 0 saturated heterocycles. The van der Waals surface area contributed by atoms with E-state index in [1.165, 1.54) is 17.0 Å². The van der Waals surface area contributed by atoms with Gasteiger partial charge >= 0.3 is 6.18 Å². The topological polar surface area (TPSA) is 76.3 Å². The number of nitro groups is 1. The van der Waals surface area contributed by atoms with Gasteiger partial charge in [-0.1, -0.05) is 6.07 Å². The molecule has 1 aliphatic rings. The third kappa shape index (κ3) is 2.80. The van der Waals surface area contributed by atoms with E-state index in [1.807, 2.05) is 0 Å². The fourth-order valence-corrected chi connectivity index (χ4v) is 2.54. The number of nitro benzene ring substituents is 1. The molecular weight excluding hydrogens is 327 g/mol. The van der Waals surface area contributed by atoms with E-state index in [9.17, 15) is 28.1 Å². The van der Waals surface area contributed by atoms with E-state index in [2.05, 4.69) is 4.98 Å². The number of amides is 1. The maximum Gasteiger partial charge on any atom is 0.433 e. The summed E-state index contributed by atoms with van der Waals surface area (Å²) in [5.41, 5.74) is -0.0826. The van der Waals surface area contributed by atoms with Gasteiger partial charge in [0.1, 0.15) is 5.69 Å². The van der Waals surface area contributed by atoms with Crippen LogP contribution in [0.3, 0.4) is 0 Å². The molecule has 0 bridgehead atoms. The molecule has 0 fully saturated rings. The molecule has 1 amide bonds. The summed E-state index contributed by atoms with van der Waals surface area (Å²) in [6.45, 7) is 0.302. The van der Waals surface area contributed by atoms with Gasteiger partial charge in [-0.3, -0.25) is 19.9 Å². The summed E-state index contributed by atoms with van der Waals surface area (Å²) in [4.78, 5) is 27.4. The number of pyridine rings is 1. The minimum absolute atomic E-state index is 0.0117. The van der Waals surface area contributed by atoms with Crippen LogP contribution in [0.4, 0.5) is 24.5 Å². The number of non-ortho nitro benzene ring substituents is 1. The van der Waals surface area contributed by atoms with Gasteiger partial charge in [0, 0.05) is 24.9 Å². The monoisotopic (exact) mass is 337 g/mol. The van der Waals surface area contributed by atoms with E-state index < -0.39 is 22.7 Å². The molecule has 0 saturated carbocycles. The van der Waals surface area contributed by atoms with Crippen molar-refractivity contribution in [2.45, 2.75) is 12.6 Å². The summed E-state index contributed by atoms with van der Waals surface area (Å²) in [6, 6.07) is 6.00. The minimum atomic E-state index is -4.58. The van der Waals surface area contributed by atoms with Gasteiger partial charge in [0.2, 0.25) is 0 Å². The summed E-state index contributed by atoms with van der Waals surface area (Å²) in [6.07, 6.45) is -3.20. The van der Waals surface area contributed by atoms with Crippen molar-refractivity contribution in [1.82, 2.24) is 4.98 Å². The van der Waals surface area contributed by atoms with Crippen molar-refractivity contribution in [3.8, 4) is 0 Å². The summed E-state index contributed by atoms with van der Waals surface area (Å²) < 4.78 is 37.6. The van der Waals surface area contributed by atoms with Crippen molar-refractivity contribution < 1.29 is 22.9 Å². The number of nitrogens with zero attached hydrogens (tertiary/aromatic N) is 3. The highest BCUT2D eigenvalue weighted by atomic mass is 19.4. The lowest BCUT2D eigenvalue weighted by molar-refractivity contribution is -0.384. The molecule has 0 aliphatic carbocycles. The van der Waals surface area contributed by atoms with Crippen LogP contribution in [0.25, 0.3) is 0 Å². The first kappa shape index (κ1) is 15.9. The van der Waals surface area contributed by atoms with Crippen molar-refractivity contribution in [2.24, 2.45) is 0 Å². The molecule has 6 nitrogen and oxygen atoms in total. The molecule has 1 aromatic carbocycles. The second-order valence-electron chi connectivity index (χ2n) is 5.21. The quantitative estimate of drug-likeness (QED) is 0.623. The van der Waals surface area contributed by atoms with Crippen LogP contribution in [0, 0.1) is 10.1 Å². The average Bonchev–Trinajstić information content (AvgIpc) is 2.96. The summed E-state index contributed by atoms with van der Waals surface area (Å²) in [7, 11) is 0. The second-order valence-corrected chi connectivity index (χ2v) is 5.21. The molecule has 124 valence electrons. The van der Waals surface area contributed by atoms with E-state index in [1.54, 1.807) is 6.07 Å². The summed E-state index contributed by atoms with van der Waals surface area (Å²) in [5, 5.41) is 10.9. The fraction of sp³-hybridized carbons (Fsp3) is 0.200. The lowest BCUT2D eigenvalue weighted by Gasteiger charge is -2.17. The molecule has 2 heterocycles. The predicted molar refractivity (Wildman–Crippen MR) is 77.7 cm³/mol. The van der Waals surface area contributed by atoms with Gasteiger partial charge in [-0.25, -0.2) is 0 Å². The van der Waals surface area contributed by atoms with Crippen LogP contribution in [0.2, 0.25) is 0 Å². The number of carbonyl (C=O) groups is 1. The molecule has 1 aliphatic heterocycles. The number of hydrogen-bond acceptors (Lipinski definition) is 4. The van der Waals surface area contributed by atoms with Crippen LogP contribution in [0.1, 0.15) is 21.6 Å². The third-order valence-electron chi connectivity index (χ3n) is 3.72. The first-order valence-electron chi connectivity index (χ1n) is 6.90. The van der Waals surface area contributed by atoms with Crippen LogP contribution in [0.15, 0.2) is 36.5 Å². The zero-order chi connectivity index (χ0) is 17.5. The zero-order valence-electron chi connectivity index (χ0n) is 12.1. The first-order valence-corrected chi connectivity index (χ1v) is 6.90. The number of hydrogen-bond donors (Lipinski definition) is 0. The number of alkyl halides is 3. The van der Waals surface area contributed by atoms with E-state index in [0.717, 1.165) is 23.9 Å². The largest absolute Gasteiger partial charge is 0.433 e. The van der Waals surface area contributed by atoms with Gasteiger partial charge in [-0.15, -0.1) is 0 Å². The van der Waals surface area contributed by atoms with Gasteiger partial charge in [-0.2, -0.15) is 13.2 Å². The molecule has 1 aromatic heterocycles. The Hall–Kier alpha value is -2.97. The SMILES string of the molecule is O=C(c1ccc(C(F)(F)F)nc1)N1CCc2ccc([N+](=O)[O-])cc21. The Bertz CT molecular complexity index is 819. The highest BCUT2D eigenvalue weighted by Crippen LogP contribution is 2.33. The number of halogens is 3. The lowest BCUT2D eigenvalue weighted by Crippen LogP contribution is -2.29. The minimum Gasteiger partial charge on any atom is -0.307 e. The Balaban J connectivity index is 1.90. The van der Waals surface area contributed by atoms with Gasteiger partial charge in [-0.05, 0) is 24.1 Å². The van der Waals surface area contributed by atoms with Gasteiger partial charge in [0.05, 0.1) is 16.2 Å². The Morgan fingerprint density at radius 3 is 2.58 bits per heavy atom. The highest BCUT2D eigenvalue weighted by molar-refractivity contribution is 6.07. The highest BCUT2D eigenvalue weighted by Gasteiger charge is 2.33. The van der Waals surface area contributed by atoms with Gasteiger partial charge < -0.3 is 4.90 Å². The number of aromatic nitrogens is 1. The summed E-state index contributed by atoms with van der Waals surface area (Å²) >= 11 is 0. The smallest absolute Gasteiger partial charge is 0.307 e. The Morgan fingerprint density at radius 1 is 1.25 bits per heavy atom. The van der Waals surface area contributed by atoms with Crippen molar-refractivity contribution in [3.63, 3.8) is 0 Å². The van der Waals surface area contributed by atoms with Crippen molar-refractivity contribution in [3.05, 3.63) is 63.5 Å². The molecule has 0 radical (unpaired) electrons. The van der Waals surface area contributed by atoms with E-state index in [-0.39, 0.29) is 11.3 Å². The van der Waals surface area contributed by atoms with Gasteiger partial charge in [0.25, 0.3) is 11.6 Å². The first-order chi connectivity index (χ1) is 11.3. The number of benzene rings is 1. The number of carbonyl (C=O) groups excluding carboxylic acids is 1. The normalized spacial score (nSPS) is 13.7. The van der Waals surface area contributed by atoms with E-state index in [4.69, 9.17) is 0 Å². The number of fused-ring (bicyclic) bond motifs is 1. The molecular formula is C15H10F3N3O3. The van der Waals surface area contributed by atoms with Gasteiger partial charge in [0.15, 0.2) is 0 Å². The van der Waals surface area contributed by atoms with Crippen LogP contribution < -0.4 is 4.90 Å². The fourth-order valence-electron chi connectivity index (χ4n) is 2.54. The Morgan fingerprint density at radius 2 is 2.00 bits per heavy atom. The molecule has 0 N–H and O–H groups in total. The molecule has 3 rings (SSSR count). The summed E-state index contributed by atoms with van der Waals surface area (Å²) in [5.74, 6) is -0.546. The third-order valence-corrected chi connectivity index (χ3v) is 3.72. The molecule has 24 heavy (non-hydrogen) atoms. The van der Waals surface area contributed by atoms with Crippen molar-refractivity contribution >= 4 is 17.3 Å². The van der Waals surface area contributed by atoms with Crippen molar-refractivity contribution in [2.75, 3.05) is 11.4 Å². The zero-order valence-corrected chi connectivity index (χ0v) is 12.1. The molecule has 9 heteroatoms. The number of anilines is 1. The Labute approximate surface area is 133 Å². The number of rotatable bonds is 2. The standard InChI is InChI=1S/C15H10F3N3O3/c16-15(17,18)13-4-2-10(8-19-13)14(22)20-6-5-9-1-3-11(21(23)24)7-12(9)20/h1-4,7-8H,5-6H2. The molecule has 2 aromatic rings. The van der Waals surface area contributed by atoms with Crippen LogP contribution in [-0.4, -0.2) is 22.4 Å². The van der Waals surface area contributed by atoms with Crippen LogP contribution in [0.5, 0.6) is 0 Å². The van der Waals surface area contributed by atoms with Crippen molar-refractivity contribution in [1.29, 1.82) is 0 Å². The second kappa shape index (κ2) is 5.59. The van der Waals surface area contributed by atoms with Crippen LogP contribution in [-0.2, 0) is 12.6 Å². The predicted octanol–water partition coefficient (Wildman–Crippen LogP) is 3.21. The van der Waals surface area contributed by atoms with E-state index in [0.29, 0.717) is 18.7 Å². The Kier molecular flexibility index (Phi) is 3.70. The molecule has 0 atom stereocenters. The van der Waals surface area contributed by atoms with E-state index >= 15 is 0 Å². The average molecular weight is 337 g/mol. The lowest BCUT2D eigenvalue weighted by atomic mass is 10.1. The molecule has 0 unspecified atom stereocenters. The molecule has 0 spiro atoms. The van der Waals surface area contributed by atoms with Crippen LogP contribution >= 0.6 is 0 Å².